The van der Waals surface area contributed by atoms with Crippen LogP contribution in [0.4, 0.5) is 10.2 Å². The molecule has 0 atom stereocenters. The van der Waals surface area contributed by atoms with Crippen LogP contribution in [0.3, 0.4) is 0 Å². The number of pyridine rings is 1. The van der Waals surface area contributed by atoms with Gasteiger partial charge in [-0.25, -0.2) is 14.4 Å². The Morgan fingerprint density at radius 3 is 2.73 bits per heavy atom. The standard InChI is InChI=1S/C16H13FN4O/c17-11-1-2-15-14(7-11)16(20-10-19-15)21-8-13(9-21)22-12-3-5-18-6-4-12/h1-7,10,13H,8-9H2. The van der Waals surface area contributed by atoms with Crippen molar-refractivity contribution in [3.63, 3.8) is 0 Å². The molecule has 1 fully saturated rings. The molecule has 4 rings (SSSR count). The summed E-state index contributed by atoms with van der Waals surface area (Å²) in [5.41, 5.74) is 0.741. The van der Waals surface area contributed by atoms with Crippen molar-refractivity contribution >= 4 is 16.7 Å². The molecule has 3 heterocycles. The molecule has 0 spiro atoms. The van der Waals surface area contributed by atoms with E-state index in [2.05, 4.69) is 19.9 Å². The SMILES string of the molecule is Fc1ccc2ncnc(N3CC(Oc4ccncc4)C3)c2c1. The molecule has 0 saturated carbocycles. The monoisotopic (exact) mass is 296 g/mol. The molecule has 5 nitrogen and oxygen atoms in total. The number of anilines is 1. The molecule has 1 aliphatic heterocycles. The van der Waals surface area contributed by atoms with Gasteiger partial charge in [-0.15, -0.1) is 0 Å². The summed E-state index contributed by atoms with van der Waals surface area (Å²) in [6.07, 6.45) is 5.01. The van der Waals surface area contributed by atoms with E-state index in [0.717, 1.165) is 22.5 Å². The smallest absolute Gasteiger partial charge is 0.140 e. The van der Waals surface area contributed by atoms with Crippen LogP contribution in [0.15, 0.2) is 49.1 Å². The number of hydrogen-bond donors (Lipinski definition) is 0. The zero-order valence-electron chi connectivity index (χ0n) is 11.7. The summed E-state index contributed by atoms with van der Waals surface area (Å²) in [5.74, 6) is 1.27. The van der Waals surface area contributed by atoms with Crippen molar-refractivity contribution in [1.82, 2.24) is 15.0 Å². The van der Waals surface area contributed by atoms with Crippen molar-refractivity contribution in [3.8, 4) is 5.75 Å². The van der Waals surface area contributed by atoms with Crippen molar-refractivity contribution < 1.29 is 9.13 Å². The van der Waals surface area contributed by atoms with Crippen LogP contribution in [-0.2, 0) is 0 Å². The number of halogens is 1. The molecular formula is C16H13FN4O. The maximum atomic E-state index is 13.5. The molecule has 0 N–H and O–H groups in total. The highest BCUT2D eigenvalue weighted by Gasteiger charge is 2.30. The first kappa shape index (κ1) is 12.9. The van der Waals surface area contributed by atoms with Gasteiger partial charge >= 0.3 is 0 Å². The van der Waals surface area contributed by atoms with E-state index < -0.39 is 0 Å². The van der Waals surface area contributed by atoms with E-state index in [4.69, 9.17) is 4.74 Å². The number of hydrogen-bond acceptors (Lipinski definition) is 5. The molecule has 0 bridgehead atoms. The quantitative estimate of drug-likeness (QED) is 0.743. The summed E-state index contributed by atoms with van der Waals surface area (Å²) in [6.45, 7) is 1.43. The van der Waals surface area contributed by atoms with Crippen molar-refractivity contribution in [2.24, 2.45) is 0 Å². The predicted octanol–water partition coefficient (Wildman–Crippen LogP) is 2.43. The van der Waals surface area contributed by atoms with Gasteiger partial charge in [0.2, 0.25) is 0 Å². The second-order valence-electron chi connectivity index (χ2n) is 5.19. The van der Waals surface area contributed by atoms with E-state index in [1.54, 1.807) is 18.5 Å². The number of benzene rings is 1. The molecule has 2 aromatic heterocycles. The first-order valence-corrected chi connectivity index (χ1v) is 7.01. The summed E-state index contributed by atoms with van der Waals surface area (Å²) in [6, 6.07) is 8.21. The third kappa shape index (κ3) is 2.32. The lowest BCUT2D eigenvalue weighted by Crippen LogP contribution is -2.54. The van der Waals surface area contributed by atoms with Gasteiger partial charge in [-0.1, -0.05) is 0 Å². The van der Waals surface area contributed by atoms with Crippen LogP contribution in [0.2, 0.25) is 0 Å². The van der Waals surface area contributed by atoms with Gasteiger partial charge in [0.15, 0.2) is 0 Å². The van der Waals surface area contributed by atoms with Gasteiger partial charge < -0.3 is 9.64 Å². The molecule has 1 aromatic carbocycles. The maximum absolute atomic E-state index is 13.5. The number of ether oxygens (including phenoxy) is 1. The molecule has 22 heavy (non-hydrogen) atoms. The van der Waals surface area contributed by atoms with Crippen LogP contribution in [0.1, 0.15) is 0 Å². The van der Waals surface area contributed by atoms with Crippen molar-refractivity contribution in [2.75, 3.05) is 18.0 Å². The largest absolute Gasteiger partial charge is 0.487 e. The summed E-state index contributed by atoms with van der Waals surface area (Å²) in [5, 5.41) is 0.727. The molecule has 3 aromatic rings. The topological polar surface area (TPSA) is 51.1 Å². The molecule has 0 unspecified atom stereocenters. The van der Waals surface area contributed by atoms with E-state index in [1.807, 2.05) is 12.1 Å². The van der Waals surface area contributed by atoms with Gasteiger partial charge in [0, 0.05) is 17.8 Å². The van der Waals surface area contributed by atoms with E-state index >= 15 is 0 Å². The molecular weight excluding hydrogens is 283 g/mol. The number of fused-ring (bicyclic) bond motifs is 1. The minimum Gasteiger partial charge on any atom is -0.487 e. The van der Waals surface area contributed by atoms with E-state index in [0.29, 0.717) is 13.1 Å². The predicted molar refractivity (Wildman–Crippen MR) is 80.4 cm³/mol. The molecule has 0 aliphatic carbocycles. The molecule has 0 radical (unpaired) electrons. The van der Waals surface area contributed by atoms with Crippen LogP contribution in [0.5, 0.6) is 5.75 Å². The summed E-state index contributed by atoms with van der Waals surface area (Å²) in [4.78, 5) is 14.5. The van der Waals surface area contributed by atoms with Crippen LogP contribution >= 0.6 is 0 Å². The molecule has 6 heteroatoms. The van der Waals surface area contributed by atoms with Crippen LogP contribution in [0.25, 0.3) is 10.9 Å². The Balaban J connectivity index is 1.52. The van der Waals surface area contributed by atoms with Gasteiger partial charge in [0.25, 0.3) is 0 Å². The highest BCUT2D eigenvalue weighted by Crippen LogP contribution is 2.28. The average Bonchev–Trinajstić information content (AvgIpc) is 2.51. The minimum atomic E-state index is -0.284. The Morgan fingerprint density at radius 1 is 1.09 bits per heavy atom. The summed E-state index contributed by atoms with van der Waals surface area (Å²) < 4.78 is 19.3. The van der Waals surface area contributed by atoms with E-state index in [9.17, 15) is 4.39 Å². The molecule has 110 valence electrons. The van der Waals surface area contributed by atoms with E-state index in [1.165, 1.54) is 18.5 Å². The molecule has 1 aliphatic rings. The van der Waals surface area contributed by atoms with E-state index in [-0.39, 0.29) is 11.9 Å². The van der Waals surface area contributed by atoms with Crippen LogP contribution in [-0.4, -0.2) is 34.1 Å². The lowest BCUT2D eigenvalue weighted by molar-refractivity contribution is 0.167. The lowest BCUT2D eigenvalue weighted by atomic mass is 10.1. The van der Waals surface area contributed by atoms with Gasteiger partial charge in [0.1, 0.15) is 29.8 Å². The fourth-order valence-corrected chi connectivity index (χ4v) is 2.56. The lowest BCUT2D eigenvalue weighted by Gasteiger charge is -2.40. The number of nitrogens with zero attached hydrogens (tertiary/aromatic N) is 4. The fourth-order valence-electron chi connectivity index (χ4n) is 2.56. The van der Waals surface area contributed by atoms with Gasteiger partial charge in [-0.3, -0.25) is 4.98 Å². The van der Waals surface area contributed by atoms with Gasteiger partial charge in [0.05, 0.1) is 18.6 Å². The van der Waals surface area contributed by atoms with Crippen molar-refractivity contribution in [2.45, 2.75) is 6.10 Å². The Bertz CT molecular complexity index is 806. The zero-order valence-corrected chi connectivity index (χ0v) is 11.7. The first-order chi connectivity index (χ1) is 10.8. The third-order valence-electron chi connectivity index (χ3n) is 3.68. The number of rotatable bonds is 3. The van der Waals surface area contributed by atoms with Crippen molar-refractivity contribution in [3.05, 3.63) is 54.9 Å². The van der Waals surface area contributed by atoms with Gasteiger partial charge in [-0.2, -0.15) is 0 Å². The molecule has 0 amide bonds. The zero-order chi connectivity index (χ0) is 14.9. The highest BCUT2D eigenvalue weighted by atomic mass is 19.1. The number of aromatic nitrogens is 3. The maximum Gasteiger partial charge on any atom is 0.140 e. The average molecular weight is 296 g/mol. The first-order valence-electron chi connectivity index (χ1n) is 7.01. The van der Waals surface area contributed by atoms with Crippen LogP contribution in [0, 0.1) is 5.82 Å². The van der Waals surface area contributed by atoms with Crippen LogP contribution < -0.4 is 9.64 Å². The highest BCUT2D eigenvalue weighted by molar-refractivity contribution is 5.89. The third-order valence-corrected chi connectivity index (χ3v) is 3.68. The Kier molecular flexibility index (Phi) is 3.07. The Morgan fingerprint density at radius 2 is 1.91 bits per heavy atom. The second kappa shape index (κ2) is 5.22. The second-order valence-corrected chi connectivity index (χ2v) is 5.19. The van der Waals surface area contributed by atoms with Gasteiger partial charge in [-0.05, 0) is 30.3 Å². The van der Waals surface area contributed by atoms with Crippen molar-refractivity contribution in [1.29, 1.82) is 0 Å². The fraction of sp³-hybridized carbons (Fsp3) is 0.188. The normalized spacial score (nSPS) is 14.9. The Labute approximate surface area is 126 Å². The Hall–Kier alpha value is -2.76. The summed E-state index contributed by atoms with van der Waals surface area (Å²) >= 11 is 0. The summed E-state index contributed by atoms with van der Waals surface area (Å²) in [7, 11) is 0. The minimum absolute atomic E-state index is 0.0981. The molecule has 1 saturated heterocycles.